The normalized spacial score (nSPS) is 12.0. The van der Waals surface area contributed by atoms with Crippen molar-refractivity contribution in [2.24, 2.45) is 0 Å². The number of nitrogens with zero attached hydrogens (tertiary/aromatic N) is 1. The summed E-state index contributed by atoms with van der Waals surface area (Å²) in [5.41, 5.74) is 2.33. The Bertz CT molecular complexity index is 976. The summed E-state index contributed by atoms with van der Waals surface area (Å²) in [6.07, 6.45) is 0. The van der Waals surface area contributed by atoms with Crippen molar-refractivity contribution in [3.05, 3.63) is 77.9 Å². The Morgan fingerprint density at radius 3 is 2.40 bits per heavy atom. The quantitative estimate of drug-likeness (QED) is 0.639. The number of benzene rings is 3. The second-order valence-corrected chi connectivity index (χ2v) is 9.20. The van der Waals surface area contributed by atoms with Crippen LogP contribution in [0.15, 0.2) is 71.6 Å². The SMILES string of the molecule is CN(C)S(=O)(=O)c1cccc(CSCc2cccc3ccccc23)c1. The van der Waals surface area contributed by atoms with E-state index in [1.54, 1.807) is 38.0 Å². The molecule has 3 aromatic rings. The van der Waals surface area contributed by atoms with Gasteiger partial charge in [-0.3, -0.25) is 0 Å². The molecule has 3 rings (SSSR count). The second-order valence-electron chi connectivity index (χ2n) is 6.07. The third-order valence-corrected chi connectivity index (χ3v) is 6.95. The first-order valence-electron chi connectivity index (χ1n) is 8.04. The summed E-state index contributed by atoms with van der Waals surface area (Å²) < 4.78 is 25.7. The van der Waals surface area contributed by atoms with E-state index in [0.717, 1.165) is 17.1 Å². The van der Waals surface area contributed by atoms with E-state index in [1.165, 1.54) is 20.6 Å². The Labute approximate surface area is 153 Å². The maximum Gasteiger partial charge on any atom is 0.242 e. The highest BCUT2D eigenvalue weighted by Crippen LogP contribution is 2.25. The van der Waals surface area contributed by atoms with Gasteiger partial charge in [0.05, 0.1) is 4.90 Å². The van der Waals surface area contributed by atoms with Gasteiger partial charge in [0.1, 0.15) is 0 Å². The van der Waals surface area contributed by atoms with Crippen LogP contribution in [0.2, 0.25) is 0 Å². The van der Waals surface area contributed by atoms with Gasteiger partial charge in [0.2, 0.25) is 10.0 Å². The lowest BCUT2D eigenvalue weighted by Crippen LogP contribution is -2.22. The van der Waals surface area contributed by atoms with E-state index >= 15 is 0 Å². The molecule has 0 saturated carbocycles. The number of thioether (sulfide) groups is 1. The van der Waals surface area contributed by atoms with Crippen LogP contribution in [0.4, 0.5) is 0 Å². The molecule has 25 heavy (non-hydrogen) atoms. The van der Waals surface area contributed by atoms with Crippen LogP contribution in [-0.2, 0) is 21.5 Å². The van der Waals surface area contributed by atoms with Crippen LogP contribution in [0.5, 0.6) is 0 Å². The zero-order chi connectivity index (χ0) is 17.9. The Morgan fingerprint density at radius 1 is 0.880 bits per heavy atom. The van der Waals surface area contributed by atoms with Crippen LogP contribution in [0, 0.1) is 0 Å². The molecule has 0 aliphatic rings. The van der Waals surface area contributed by atoms with Gasteiger partial charge in [0, 0.05) is 25.6 Å². The van der Waals surface area contributed by atoms with Crippen LogP contribution >= 0.6 is 11.8 Å². The molecule has 0 aromatic heterocycles. The Kier molecular flexibility index (Phi) is 5.47. The first-order valence-corrected chi connectivity index (χ1v) is 10.6. The van der Waals surface area contributed by atoms with Crippen LogP contribution in [0.3, 0.4) is 0 Å². The van der Waals surface area contributed by atoms with Crippen LogP contribution in [0.1, 0.15) is 11.1 Å². The summed E-state index contributed by atoms with van der Waals surface area (Å²) in [5, 5.41) is 2.53. The van der Waals surface area contributed by atoms with Gasteiger partial charge >= 0.3 is 0 Å². The van der Waals surface area contributed by atoms with Crippen molar-refractivity contribution in [2.75, 3.05) is 14.1 Å². The van der Waals surface area contributed by atoms with Crippen molar-refractivity contribution in [3.63, 3.8) is 0 Å². The maximum absolute atomic E-state index is 12.2. The van der Waals surface area contributed by atoms with E-state index in [4.69, 9.17) is 0 Å². The van der Waals surface area contributed by atoms with Gasteiger partial charge in [-0.1, -0.05) is 54.6 Å². The fraction of sp³-hybridized carbons (Fsp3) is 0.200. The molecule has 0 N–H and O–H groups in total. The lowest BCUT2D eigenvalue weighted by atomic mass is 10.1. The first kappa shape index (κ1) is 18.0. The lowest BCUT2D eigenvalue weighted by Gasteiger charge is -2.12. The van der Waals surface area contributed by atoms with Gasteiger partial charge < -0.3 is 0 Å². The van der Waals surface area contributed by atoms with Crippen molar-refractivity contribution in [1.29, 1.82) is 0 Å². The fourth-order valence-electron chi connectivity index (χ4n) is 2.70. The number of fused-ring (bicyclic) bond motifs is 1. The average molecular weight is 372 g/mol. The van der Waals surface area contributed by atoms with Crippen molar-refractivity contribution in [2.45, 2.75) is 16.4 Å². The third-order valence-electron chi connectivity index (χ3n) is 4.08. The molecule has 3 nitrogen and oxygen atoms in total. The van der Waals surface area contributed by atoms with Crippen molar-refractivity contribution in [3.8, 4) is 0 Å². The molecule has 0 saturated heterocycles. The molecular formula is C20H21NO2S2. The Morgan fingerprint density at radius 2 is 1.60 bits per heavy atom. The van der Waals surface area contributed by atoms with Gasteiger partial charge in [-0.2, -0.15) is 11.8 Å². The highest BCUT2D eigenvalue weighted by atomic mass is 32.2. The molecule has 0 radical (unpaired) electrons. The second kappa shape index (κ2) is 7.60. The first-order chi connectivity index (χ1) is 12.0. The molecule has 0 amide bonds. The molecular weight excluding hydrogens is 350 g/mol. The number of sulfonamides is 1. The molecule has 0 atom stereocenters. The van der Waals surface area contributed by atoms with Crippen LogP contribution in [-0.4, -0.2) is 26.8 Å². The third kappa shape index (κ3) is 4.06. The minimum Gasteiger partial charge on any atom is -0.207 e. The van der Waals surface area contributed by atoms with Crippen LogP contribution in [0.25, 0.3) is 10.8 Å². The monoisotopic (exact) mass is 371 g/mol. The van der Waals surface area contributed by atoms with E-state index in [2.05, 4.69) is 42.5 Å². The van der Waals surface area contributed by atoms with E-state index in [-0.39, 0.29) is 0 Å². The van der Waals surface area contributed by atoms with E-state index in [1.807, 2.05) is 12.1 Å². The summed E-state index contributed by atoms with van der Waals surface area (Å²) in [5.74, 6) is 1.67. The van der Waals surface area contributed by atoms with Crippen molar-refractivity contribution >= 4 is 32.6 Å². The molecule has 0 unspecified atom stereocenters. The summed E-state index contributed by atoms with van der Waals surface area (Å²) in [6.45, 7) is 0. The van der Waals surface area contributed by atoms with Gasteiger partial charge in [0.15, 0.2) is 0 Å². The number of hydrogen-bond acceptors (Lipinski definition) is 3. The zero-order valence-corrected chi connectivity index (χ0v) is 16.0. The molecule has 0 spiro atoms. The Hall–Kier alpha value is -1.82. The predicted octanol–water partition coefficient (Wildman–Crippen LogP) is 4.52. The molecule has 0 heterocycles. The lowest BCUT2D eigenvalue weighted by molar-refractivity contribution is 0.520. The molecule has 0 bridgehead atoms. The zero-order valence-electron chi connectivity index (χ0n) is 14.3. The van der Waals surface area contributed by atoms with E-state index < -0.39 is 10.0 Å². The fourth-order valence-corrected chi connectivity index (χ4v) is 4.67. The van der Waals surface area contributed by atoms with Gasteiger partial charge in [-0.05, 0) is 34.0 Å². The minimum absolute atomic E-state index is 0.348. The van der Waals surface area contributed by atoms with Crippen LogP contribution < -0.4 is 0 Å². The summed E-state index contributed by atoms with van der Waals surface area (Å²) in [4.78, 5) is 0.348. The summed E-state index contributed by atoms with van der Waals surface area (Å²) in [6, 6.07) is 22.0. The van der Waals surface area contributed by atoms with Crippen molar-refractivity contribution in [1.82, 2.24) is 4.31 Å². The van der Waals surface area contributed by atoms with E-state index in [0.29, 0.717) is 4.90 Å². The van der Waals surface area contributed by atoms with Gasteiger partial charge in [0.25, 0.3) is 0 Å². The molecule has 130 valence electrons. The Balaban J connectivity index is 1.72. The maximum atomic E-state index is 12.2. The topological polar surface area (TPSA) is 37.4 Å². The summed E-state index contributed by atoms with van der Waals surface area (Å²) in [7, 11) is -0.276. The van der Waals surface area contributed by atoms with Gasteiger partial charge in [-0.15, -0.1) is 0 Å². The predicted molar refractivity (Wildman–Crippen MR) is 106 cm³/mol. The smallest absolute Gasteiger partial charge is 0.207 e. The molecule has 5 heteroatoms. The van der Waals surface area contributed by atoms with Crippen molar-refractivity contribution < 1.29 is 8.42 Å². The molecule has 0 aliphatic carbocycles. The summed E-state index contributed by atoms with van der Waals surface area (Å²) >= 11 is 1.79. The number of hydrogen-bond donors (Lipinski definition) is 0. The van der Waals surface area contributed by atoms with Gasteiger partial charge in [-0.25, -0.2) is 12.7 Å². The average Bonchev–Trinajstić information content (AvgIpc) is 2.62. The highest BCUT2D eigenvalue weighted by molar-refractivity contribution is 7.97. The molecule has 3 aromatic carbocycles. The molecule has 0 aliphatic heterocycles. The largest absolute Gasteiger partial charge is 0.242 e. The minimum atomic E-state index is -3.38. The molecule has 0 fully saturated rings. The van der Waals surface area contributed by atoms with E-state index in [9.17, 15) is 8.42 Å². The number of rotatable bonds is 6. The highest BCUT2D eigenvalue weighted by Gasteiger charge is 2.17. The standard InChI is InChI=1S/C20H21NO2S2/c1-21(2)25(22,23)19-11-5-7-16(13-19)14-24-15-18-10-6-9-17-8-3-4-12-20(17)18/h3-13H,14-15H2,1-2H3.